The molecule has 6 heteroatoms. The highest BCUT2D eigenvalue weighted by atomic mass is 19.1. The molecule has 3 aromatic rings. The molecule has 0 saturated heterocycles. The molecule has 0 unspecified atom stereocenters. The molecule has 0 amide bonds. The van der Waals surface area contributed by atoms with Crippen molar-refractivity contribution in [2.75, 3.05) is 7.11 Å². The van der Waals surface area contributed by atoms with Crippen LogP contribution in [0, 0.1) is 5.82 Å². The number of benzene rings is 3. The summed E-state index contributed by atoms with van der Waals surface area (Å²) < 4.78 is 25.7. The van der Waals surface area contributed by atoms with E-state index in [1.807, 2.05) is 41.4 Å². The molecule has 2 heterocycles. The van der Waals surface area contributed by atoms with Crippen molar-refractivity contribution in [3.8, 4) is 17.2 Å². The van der Waals surface area contributed by atoms with Crippen LogP contribution in [0.15, 0.2) is 71.8 Å². The van der Waals surface area contributed by atoms with Gasteiger partial charge in [0.15, 0.2) is 11.5 Å². The van der Waals surface area contributed by atoms with E-state index in [0.29, 0.717) is 29.0 Å². The lowest BCUT2D eigenvalue weighted by Gasteiger charge is -2.38. The summed E-state index contributed by atoms with van der Waals surface area (Å²) in [6, 6.07) is 19.1. The van der Waals surface area contributed by atoms with Crippen LogP contribution in [0.4, 0.5) is 4.39 Å². The van der Waals surface area contributed by atoms with Crippen LogP contribution < -0.4 is 9.47 Å². The average molecular weight is 390 g/mol. The fourth-order valence-electron chi connectivity index (χ4n) is 4.01. The van der Waals surface area contributed by atoms with Gasteiger partial charge in [-0.3, -0.25) is 0 Å². The minimum Gasteiger partial charge on any atom is -0.507 e. The zero-order valence-corrected chi connectivity index (χ0v) is 15.7. The fourth-order valence-corrected chi connectivity index (χ4v) is 4.01. The van der Waals surface area contributed by atoms with Gasteiger partial charge in [0, 0.05) is 23.1 Å². The third-order valence-corrected chi connectivity index (χ3v) is 5.35. The zero-order chi connectivity index (χ0) is 20.0. The molecule has 3 aromatic carbocycles. The van der Waals surface area contributed by atoms with E-state index in [1.54, 1.807) is 25.3 Å². The van der Waals surface area contributed by atoms with Gasteiger partial charge in [0.05, 0.1) is 18.9 Å². The van der Waals surface area contributed by atoms with Crippen molar-refractivity contribution in [2.24, 2.45) is 5.10 Å². The first-order chi connectivity index (χ1) is 14.2. The van der Waals surface area contributed by atoms with Gasteiger partial charge in [-0.15, -0.1) is 0 Å². The van der Waals surface area contributed by atoms with Gasteiger partial charge in [-0.05, 0) is 30.3 Å². The number of hydrazone groups is 1. The average Bonchev–Trinajstić information content (AvgIpc) is 3.18. The highest BCUT2D eigenvalue weighted by Crippen LogP contribution is 2.50. The number of hydrogen-bond donors (Lipinski definition) is 1. The maximum Gasteiger partial charge on any atom is 0.214 e. The summed E-state index contributed by atoms with van der Waals surface area (Å²) in [7, 11) is 1.60. The van der Waals surface area contributed by atoms with Crippen LogP contribution in [0.2, 0.25) is 0 Å². The van der Waals surface area contributed by atoms with Gasteiger partial charge in [-0.25, -0.2) is 9.40 Å². The summed E-state index contributed by atoms with van der Waals surface area (Å²) in [6.45, 7) is 0. The van der Waals surface area contributed by atoms with E-state index in [9.17, 15) is 9.50 Å². The highest BCUT2D eigenvalue weighted by Gasteiger charge is 2.42. The first kappa shape index (κ1) is 17.6. The van der Waals surface area contributed by atoms with Crippen LogP contribution in [-0.2, 0) is 0 Å². The highest BCUT2D eigenvalue weighted by molar-refractivity contribution is 6.04. The maximum absolute atomic E-state index is 13.9. The third kappa shape index (κ3) is 2.88. The Kier molecular flexibility index (Phi) is 4.12. The van der Waals surface area contributed by atoms with Crippen molar-refractivity contribution >= 4 is 5.71 Å². The number of methoxy groups -OCH3 is 1. The molecule has 0 saturated carbocycles. The van der Waals surface area contributed by atoms with E-state index in [0.717, 1.165) is 11.3 Å². The fraction of sp³-hybridized carbons (Fsp3) is 0.174. The van der Waals surface area contributed by atoms with Gasteiger partial charge < -0.3 is 14.6 Å². The minimum atomic E-state index is -0.608. The van der Waals surface area contributed by atoms with Crippen molar-refractivity contribution < 1.29 is 19.0 Å². The number of nitrogens with zero attached hydrogens (tertiary/aromatic N) is 2. The molecule has 2 aliphatic heterocycles. The maximum atomic E-state index is 13.9. The van der Waals surface area contributed by atoms with Crippen LogP contribution in [-0.4, -0.2) is 22.9 Å². The smallest absolute Gasteiger partial charge is 0.214 e. The second-order valence-electron chi connectivity index (χ2n) is 7.07. The standard InChI is InChI=1S/C23H19FN2O3/c1-28-21-11-5-9-17-19-13-18(16-8-2-3-10-20(16)27)25-26(19)23(29-22(17)21)14-6-4-7-15(24)12-14/h2-12,19,23,27H,13H2,1H3/t19-,23-/m0/s1. The molecular formula is C23H19FN2O3. The largest absolute Gasteiger partial charge is 0.507 e. The van der Waals surface area contributed by atoms with E-state index in [4.69, 9.17) is 14.6 Å². The van der Waals surface area contributed by atoms with Crippen molar-refractivity contribution in [3.05, 3.63) is 89.2 Å². The number of phenolic OH excluding ortho intramolecular Hbond substituents is 1. The number of aromatic hydroxyl groups is 1. The zero-order valence-electron chi connectivity index (χ0n) is 15.7. The van der Waals surface area contributed by atoms with Gasteiger partial charge in [0.1, 0.15) is 11.6 Å². The Labute approximate surface area is 167 Å². The lowest BCUT2D eigenvalue weighted by molar-refractivity contribution is -0.0210. The van der Waals surface area contributed by atoms with Gasteiger partial charge in [0.2, 0.25) is 6.23 Å². The number of rotatable bonds is 3. The van der Waals surface area contributed by atoms with Gasteiger partial charge >= 0.3 is 0 Å². The lowest BCUT2D eigenvalue weighted by Crippen LogP contribution is -2.34. The van der Waals surface area contributed by atoms with Crippen molar-refractivity contribution in [1.29, 1.82) is 0 Å². The summed E-state index contributed by atoms with van der Waals surface area (Å²) in [5.41, 5.74) is 3.05. The Hall–Kier alpha value is -3.54. The third-order valence-electron chi connectivity index (χ3n) is 5.35. The molecule has 5 nitrogen and oxygen atoms in total. The second kappa shape index (κ2) is 6.81. The summed E-state index contributed by atoms with van der Waals surface area (Å²) in [6.07, 6.45) is -0.0183. The number of phenols is 1. The first-order valence-corrected chi connectivity index (χ1v) is 9.39. The van der Waals surface area contributed by atoms with Crippen LogP contribution >= 0.6 is 0 Å². The molecule has 1 N–H and O–H groups in total. The van der Waals surface area contributed by atoms with Gasteiger partial charge in [-0.1, -0.05) is 36.4 Å². The number of ether oxygens (including phenoxy) is 2. The summed E-state index contributed by atoms with van der Waals surface area (Å²) in [4.78, 5) is 0. The molecule has 29 heavy (non-hydrogen) atoms. The molecule has 146 valence electrons. The molecule has 2 aliphatic rings. The second-order valence-corrected chi connectivity index (χ2v) is 7.07. The summed E-state index contributed by atoms with van der Waals surface area (Å²) in [5, 5.41) is 16.9. The Balaban J connectivity index is 1.65. The normalized spacial score (nSPS) is 19.8. The monoisotopic (exact) mass is 390 g/mol. The predicted molar refractivity (Wildman–Crippen MR) is 107 cm³/mol. The minimum absolute atomic E-state index is 0.114. The Morgan fingerprint density at radius 1 is 1.10 bits per heavy atom. The van der Waals surface area contributed by atoms with Crippen molar-refractivity contribution in [3.63, 3.8) is 0 Å². The van der Waals surface area contributed by atoms with E-state index < -0.39 is 6.23 Å². The Morgan fingerprint density at radius 2 is 1.93 bits per heavy atom. The number of halogens is 1. The Morgan fingerprint density at radius 3 is 2.72 bits per heavy atom. The molecule has 0 bridgehead atoms. The van der Waals surface area contributed by atoms with Crippen LogP contribution in [0.5, 0.6) is 17.2 Å². The van der Waals surface area contributed by atoms with Crippen molar-refractivity contribution in [2.45, 2.75) is 18.7 Å². The summed E-state index contributed by atoms with van der Waals surface area (Å²) in [5.74, 6) is 1.11. The number of para-hydroxylation sites is 2. The number of fused-ring (bicyclic) bond motifs is 3. The van der Waals surface area contributed by atoms with Crippen LogP contribution in [0.1, 0.15) is 35.4 Å². The van der Waals surface area contributed by atoms with E-state index >= 15 is 0 Å². The molecule has 0 aromatic heterocycles. The van der Waals surface area contributed by atoms with Crippen LogP contribution in [0.3, 0.4) is 0 Å². The molecular weight excluding hydrogens is 371 g/mol. The van der Waals surface area contributed by atoms with Gasteiger partial charge in [0.25, 0.3) is 0 Å². The quantitative estimate of drug-likeness (QED) is 0.699. The van der Waals surface area contributed by atoms with E-state index in [2.05, 4.69) is 0 Å². The molecule has 2 atom stereocenters. The topological polar surface area (TPSA) is 54.3 Å². The SMILES string of the molecule is COc1cccc2c1O[C@@H](c1cccc(F)c1)N1N=C(c3ccccc3O)C[C@@H]21. The predicted octanol–water partition coefficient (Wildman–Crippen LogP) is 4.78. The molecule has 0 spiro atoms. The van der Waals surface area contributed by atoms with Gasteiger partial charge in [-0.2, -0.15) is 5.10 Å². The van der Waals surface area contributed by atoms with Crippen molar-refractivity contribution in [1.82, 2.24) is 5.01 Å². The van der Waals surface area contributed by atoms with Crippen LogP contribution in [0.25, 0.3) is 0 Å². The molecule has 0 fully saturated rings. The Bertz CT molecular complexity index is 1110. The number of hydrogen-bond acceptors (Lipinski definition) is 5. The molecule has 5 rings (SSSR count). The van der Waals surface area contributed by atoms with E-state index in [-0.39, 0.29) is 17.6 Å². The molecule has 0 aliphatic carbocycles. The first-order valence-electron chi connectivity index (χ1n) is 9.39. The summed E-state index contributed by atoms with van der Waals surface area (Å²) >= 11 is 0. The lowest BCUT2D eigenvalue weighted by atomic mass is 9.95. The molecule has 0 radical (unpaired) electrons. The van der Waals surface area contributed by atoms with E-state index in [1.165, 1.54) is 12.1 Å².